The van der Waals surface area contributed by atoms with Crippen LogP contribution in [0.2, 0.25) is 0 Å². The van der Waals surface area contributed by atoms with Crippen LogP contribution in [0, 0.1) is 6.92 Å². The van der Waals surface area contributed by atoms with E-state index in [1.165, 1.54) is 0 Å². The number of carbonyl (C=O) groups is 2. The number of halogens is 1. The minimum Gasteiger partial charge on any atom is -0.507 e. The number of hydrogen-bond acceptors (Lipinski definition) is 6. The third kappa shape index (κ3) is 4.38. The maximum atomic E-state index is 13.1. The Morgan fingerprint density at radius 2 is 1.97 bits per heavy atom. The van der Waals surface area contributed by atoms with Crippen molar-refractivity contribution in [3.8, 4) is 11.5 Å². The Morgan fingerprint density at radius 3 is 2.66 bits per heavy atom. The van der Waals surface area contributed by atoms with E-state index in [0.29, 0.717) is 61.8 Å². The van der Waals surface area contributed by atoms with Gasteiger partial charge in [0.1, 0.15) is 11.5 Å². The summed E-state index contributed by atoms with van der Waals surface area (Å²) in [6.45, 7) is 6.70. The minimum atomic E-state index is -0.304. The van der Waals surface area contributed by atoms with Crippen LogP contribution in [0.5, 0.6) is 11.5 Å². The lowest BCUT2D eigenvalue weighted by Crippen LogP contribution is -2.48. The van der Waals surface area contributed by atoms with Gasteiger partial charge in [-0.1, -0.05) is 34.1 Å². The van der Waals surface area contributed by atoms with E-state index in [2.05, 4.69) is 20.8 Å². The van der Waals surface area contributed by atoms with Crippen LogP contribution in [0.1, 0.15) is 34.0 Å². The normalized spacial score (nSPS) is 17.4. The first kappa shape index (κ1) is 22.4. The number of amides is 1. The fourth-order valence-electron chi connectivity index (χ4n) is 3.99. The number of phenolic OH excluding ortho intramolecular Hbond substituents is 1. The lowest BCUT2D eigenvalue weighted by molar-refractivity contribution is 0.0774. The molecule has 2 aliphatic rings. The van der Waals surface area contributed by atoms with Crippen LogP contribution < -0.4 is 4.74 Å². The van der Waals surface area contributed by atoms with E-state index in [1.54, 1.807) is 30.9 Å². The number of ether oxygens (including phenoxy) is 2. The van der Waals surface area contributed by atoms with E-state index in [0.717, 1.165) is 10.0 Å². The van der Waals surface area contributed by atoms with Crippen LogP contribution >= 0.6 is 15.9 Å². The van der Waals surface area contributed by atoms with Gasteiger partial charge >= 0.3 is 6.09 Å². The SMILES string of the molecule is CCOC(=O)N1CCN(Cc2c(O)cc(C)c3c2O/C(=C/c2ccccc2Br)C3=O)CC1. The maximum Gasteiger partial charge on any atom is 0.409 e. The van der Waals surface area contributed by atoms with Crippen molar-refractivity contribution in [1.82, 2.24) is 9.80 Å². The topological polar surface area (TPSA) is 79.3 Å². The van der Waals surface area contributed by atoms with Crippen molar-refractivity contribution in [3.05, 3.63) is 62.8 Å². The molecule has 1 amide bonds. The molecule has 2 aliphatic heterocycles. The van der Waals surface area contributed by atoms with Crippen LogP contribution in [-0.2, 0) is 11.3 Å². The zero-order valence-electron chi connectivity index (χ0n) is 18.1. The second kappa shape index (κ2) is 9.34. The number of aryl methyl sites for hydroxylation is 1. The molecule has 7 nitrogen and oxygen atoms in total. The highest BCUT2D eigenvalue weighted by molar-refractivity contribution is 9.10. The maximum absolute atomic E-state index is 13.1. The third-order valence-corrected chi connectivity index (χ3v) is 6.41. The number of allylic oxidation sites excluding steroid dienone is 1. The third-order valence-electron chi connectivity index (χ3n) is 5.69. The average Bonchev–Trinajstić information content (AvgIpc) is 3.10. The number of ketones is 1. The summed E-state index contributed by atoms with van der Waals surface area (Å²) < 4.78 is 12.0. The summed E-state index contributed by atoms with van der Waals surface area (Å²) >= 11 is 3.49. The molecule has 32 heavy (non-hydrogen) atoms. The highest BCUT2D eigenvalue weighted by atomic mass is 79.9. The Balaban J connectivity index is 1.57. The number of benzene rings is 2. The van der Waals surface area contributed by atoms with Gasteiger partial charge in [0.15, 0.2) is 5.76 Å². The molecule has 2 aromatic rings. The van der Waals surface area contributed by atoms with Crippen molar-refractivity contribution in [2.75, 3.05) is 32.8 Å². The van der Waals surface area contributed by atoms with Gasteiger partial charge < -0.3 is 19.5 Å². The predicted octanol–water partition coefficient (Wildman–Crippen LogP) is 4.35. The van der Waals surface area contributed by atoms with Crippen LogP contribution in [0.15, 0.2) is 40.6 Å². The zero-order chi connectivity index (χ0) is 22.8. The van der Waals surface area contributed by atoms with Gasteiger partial charge in [0.25, 0.3) is 0 Å². The van der Waals surface area contributed by atoms with Gasteiger partial charge in [-0.25, -0.2) is 4.79 Å². The number of Topliss-reactive ketones (excluding diaryl/α,β-unsaturated/α-hetero) is 1. The van der Waals surface area contributed by atoms with E-state index < -0.39 is 0 Å². The summed E-state index contributed by atoms with van der Waals surface area (Å²) in [6, 6.07) is 9.20. The number of piperazine rings is 1. The molecule has 168 valence electrons. The quantitative estimate of drug-likeness (QED) is 0.628. The van der Waals surface area contributed by atoms with E-state index in [9.17, 15) is 14.7 Å². The predicted molar refractivity (Wildman–Crippen MR) is 124 cm³/mol. The van der Waals surface area contributed by atoms with E-state index >= 15 is 0 Å². The molecule has 0 spiro atoms. The molecule has 2 aromatic carbocycles. The lowest BCUT2D eigenvalue weighted by atomic mass is 9.99. The number of fused-ring (bicyclic) bond motifs is 1. The van der Waals surface area contributed by atoms with Crippen LogP contribution in [0.4, 0.5) is 4.79 Å². The Labute approximate surface area is 195 Å². The van der Waals surface area contributed by atoms with Gasteiger partial charge in [-0.15, -0.1) is 0 Å². The molecule has 0 aromatic heterocycles. The number of rotatable bonds is 4. The Hall–Kier alpha value is -2.84. The molecule has 0 radical (unpaired) electrons. The van der Waals surface area contributed by atoms with Crippen molar-refractivity contribution < 1.29 is 24.2 Å². The monoisotopic (exact) mass is 500 g/mol. The van der Waals surface area contributed by atoms with E-state index in [1.807, 2.05) is 24.3 Å². The number of nitrogens with zero attached hydrogens (tertiary/aromatic N) is 2. The first-order valence-electron chi connectivity index (χ1n) is 10.6. The average molecular weight is 501 g/mol. The smallest absolute Gasteiger partial charge is 0.409 e. The summed E-state index contributed by atoms with van der Waals surface area (Å²) in [5.74, 6) is 0.554. The molecule has 0 saturated carbocycles. The molecule has 2 heterocycles. The summed E-state index contributed by atoms with van der Waals surface area (Å²) in [5.41, 5.74) is 2.58. The van der Waals surface area contributed by atoms with Crippen LogP contribution in [0.25, 0.3) is 6.08 Å². The molecule has 0 bridgehead atoms. The van der Waals surface area contributed by atoms with Crippen molar-refractivity contribution in [2.24, 2.45) is 0 Å². The number of hydrogen-bond donors (Lipinski definition) is 1. The number of aromatic hydroxyl groups is 1. The van der Waals surface area contributed by atoms with Crippen LogP contribution in [-0.4, -0.2) is 59.6 Å². The number of carbonyl (C=O) groups excluding carboxylic acids is 2. The molecule has 0 unspecified atom stereocenters. The largest absolute Gasteiger partial charge is 0.507 e. The number of phenols is 1. The van der Waals surface area contributed by atoms with E-state index in [-0.39, 0.29) is 23.4 Å². The lowest BCUT2D eigenvalue weighted by Gasteiger charge is -2.34. The van der Waals surface area contributed by atoms with Gasteiger partial charge in [-0.05, 0) is 43.2 Å². The van der Waals surface area contributed by atoms with Gasteiger partial charge in [-0.2, -0.15) is 0 Å². The first-order chi connectivity index (χ1) is 15.4. The molecule has 1 saturated heterocycles. The molecule has 0 atom stereocenters. The molecule has 4 rings (SSSR count). The van der Waals surface area contributed by atoms with Crippen molar-refractivity contribution in [1.29, 1.82) is 0 Å². The summed E-state index contributed by atoms with van der Waals surface area (Å²) in [6.07, 6.45) is 1.41. The van der Waals surface area contributed by atoms with E-state index in [4.69, 9.17) is 9.47 Å². The van der Waals surface area contributed by atoms with Gasteiger partial charge in [0, 0.05) is 37.2 Å². The van der Waals surface area contributed by atoms with Crippen LogP contribution in [0.3, 0.4) is 0 Å². The molecule has 1 fully saturated rings. The highest BCUT2D eigenvalue weighted by Gasteiger charge is 2.34. The second-order valence-corrected chi connectivity index (χ2v) is 8.67. The fourth-order valence-corrected chi connectivity index (χ4v) is 4.39. The Kier molecular flexibility index (Phi) is 6.53. The minimum absolute atomic E-state index is 0.101. The Morgan fingerprint density at radius 1 is 1.25 bits per heavy atom. The second-order valence-electron chi connectivity index (χ2n) is 7.82. The molecular weight excluding hydrogens is 476 g/mol. The first-order valence-corrected chi connectivity index (χ1v) is 11.4. The fraction of sp³-hybridized carbons (Fsp3) is 0.333. The van der Waals surface area contributed by atoms with Gasteiger partial charge in [-0.3, -0.25) is 9.69 Å². The molecule has 1 N–H and O–H groups in total. The highest BCUT2D eigenvalue weighted by Crippen LogP contribution is 2.42. The molecule has 0 aliphatic carbocycles. The van der Waals surface area contributed by atoms with Gasteiger partial charge in [0.2, 0.25) is 5.78 Å². The van der Waals surface area contributed by atoms with Gasteiger partial charge in [0.05, 0.1) is 17.7 Å². The standard InChI is InChI=1S/C24H25BrN2O5/c1-3-31-24(30)27-10-8-26(9-11-27)14-17-19(28)12-15(2)21-22(29)20(32-23(17)21)13-16-6-4-5-7-18(16)25/h4-7,12-13,28H,3,8-11,14H2,1-2H3/b20-13+. The summed E-state index contributed by atoms with van der Waals surface area (Å²) in [7, 11) is 0. The zero-order valence-corrected chi connectivity index (χ0v) is 19.6. The van der Waals surface area contributed by atoms with Crippen molar-refractivity contribution >= 4 is 33.9 Å². The van der Waals surface area contributed by atoms with Crippen molar-refractivity contribution in [3.63, 3.8) is 0 Å². The Bertz CT molecular complexity index is 1090. The van der Waals surface area contributed by atoms with Crippen molar-refractivity contribution in [2.45, 2.75) is 20.4 Å². The molecular formula is C24H25BrN2O5. The molecule has 8 heteroatoms. The summed E-state index contributed by atoms with van der Waals surface area (Å²) in [5, 5.41) is 10.7. The summed E-state index contributed by atoms with van der Waals surface area (Å²) in [4.78, 5) is 28.8.